The zero-order chi connectivity index (χ0) is 24.8. The van der Waals surface area contributed by atoms with E-state index in [0.717, 1.165) is 5.56 Å². The van der Waals surface area contributed by atoms with Crippen molar-refractivity contribution < 1.29 is 23.5 Å². The van der Waals surface area contributed by atoms with Gasteiger partial charge in [-0.1, -0.05) is 41.9 Å². The molecule has 1 aliphatic heterocycles. The zero-order valence-electron chi connectivity index (χ0n) is 19.1. The number of halogens is 2. The summed E-state index contributed by atoms with van der Waals surface area (Å²) in [7, 11) is 0. The highest BCUT2D eigenvalue weighted by Crippen LogP contribution is 2.39. The number of nitrogens with one attached hydrogen (secondary N) is 2. The summed E-state index contributed by atoms with van der Waals surface area (Å²) in [6.07, 6.45) is 0.0576. The highest BCUT2D eigenvalue weighted by atomic mass is 35.5. The molecule has 0 aliphatic carbocycles. The largest absolute Gasteiger partial charge is 0.490 e. The van der Waals surface area contributed by atoms with Crippen molar-refractivity contribution in [3.63, 3.8) is 0 Å². The monoisotopic (exact) mass is 497 g/mol. The van der Waals surface area contributed by atoms with Crippen LogP contribution in [0.15, 0.2) is 66.7 Å². The Kier molecular flexibility index (Phi) is 7.72. The molecule has 4 rings (SSSR count). The van der Waals surface area contributed by atoms with Crippen molar-refractivity contribution in [1.29, 1.82) is 0 Å². The average Bonchev–Trinajstić information content (AvgIpc) is 3.25. The van der Waals surface area contributed by atoms with Crippen LogP contribution in [0.3, 0.4) is 0 Å². The van der Waals surface area contributed by atoms with Gasteiger partial charge in [0.15, 0.2) is 11.5 Å². The number of ether oxygens (including phenoxy) is 2. The fraction of sp³-hybridized carbons (Fsp3) is 0.231. The number of hydrogen-bond donors (Lipinski definition) is 2. The first-order chi connectivity index (χ1) is 16.9. The van der Waals surface area contributed by atoms with E-state index in [1.54, 1.807) is 12.1 Å². The summed E-state index contributed by atoms with van der Waals surface area (Å²) in [5.74, 6) is -0.646. The lowest BCUT2D eigenvalue weighted by Crippen LogP contribution is -2.36. The molecule has 0 aromatic heterocycles. The first kappa shape index (κ1) is 24.3. The second-order valence-electron chi connectivity index (χ2n) is 7.99. The number of anilines is 2. The summed E-state index contributed by atoms with van der Waals surface area (Å²) >= 11 is 6.46. The van der Waals surface area contributed by atoms with Gasteiger partial charge in [0.2, 0.25) is 11.8 Å². The number of hydrogen-bond acceptors (Lipinski definition) is 5. The van der Waals surface area contributed by atoms with Gasteiger partial charge in [-0.3, -0.25) is 20.4 Å². The molecule has 0 spiro atoms. The molecule has 3 aromatic carbocycles. The number of hydrazine groups is 1. The van der Waals surface area contributed by atoms with Gasteiger partial charge in [-0.15, -0.1) is 0 Å². The number of benzene rings is 3. The molecular weight excluding hydrogens is 473 g/mol. The minimum atomic E-state index is -0.560. The molecule has 9 heteroatoms. The van der Waals surface area contributed by atoms with Crippen LogP contribution in [0.2, 0.25) is 5.02 Å². The SMILES string of the molecule is CCOc1cc(NNC(=O)[C@@H]2CC(=O)N(c3ccc(F)cc3)C2)cc(Cl)c1OCc1ccccc1. The van der Waals surface area contributed by atoms with Gasteiger partial charge in [0.05, 0.1) is 23.2 Å². The van der Waals surface area contributed by atoms with Gasteiger partial charge in [0.25, 0.3) is 0 Å². The van der Waals surface area contributed by atoms with Gasteiger partial charge in [0.1, 0.15) is 12.4 Å². The normalized spacial score (nSPS) is 15.1. The highest BCUT2D eigenvalue weighted by molar-refractivity contribution is 6.32. The van der Waals surface area contributed by atoms with E-state index in [1.165, 1.54) is 29.2 Å². The van der Waals surface area contributed by atoms with E-state index in [9.17, 15) is 14.0 Å². The van der Waals surface area contributed by atoms with Crippen molar-refractivity contribution in [3.05, 3.63) is 83.1 Å². The van der Waals surface area contributed by atoms with E-state index >= 15 is 0 Å². The summed E-state index contributed by atoms with van der Waals surface area (Å²) in [5.41, 5.74) is 7.51. The second kappa shape index (κ2) is 11.1. The zero-order valence-corrected chi connectivity index (χ0v) is 19.8. The van der Waals surface area contributed by atoms with Gasteiger partial charge in [-0.25, -0.2) is 4.39 Å². The molecule has 0 radical (unpaired) electrons. The first-order valence-corrected chi connectivity index (χ1v) is 11.6. The summed E-state index contributed by atoms with van der Waals surface area (Å²) in [4.78, 5) is 26.6. The number of amides is 2. The van der Waals surface area contributed by atoms with E-state index in [-0.39, 0.29) is 30.6 Å². The maximum atomic E-state index is 13.2. The fourth-order valence-corrected chi connectivity index (χ4v) is 4.03. The van der Waals surface area contributed by atoms with E-state index in [0.29, 0.717) is 41.1 Å². The predicted octanol–water partition coefficient (Wildman–Crippen LogP) is 4.95. The van der Waals surface area contributed by atoms with E-state index in [4.69, 9.17) is 21.1 Å². The van der Waals surface area contributed by atoms with Gasteiger partial charge < -0.3 is 14.4 Å². The second-order valence-corrected chi connectivity index (χ2v) is 8.40. The molecule has 3 aromatic rings. The van der Waals surface area contributed by atoms with E-state index < -0.39 is 5.92 Å². The minimum Gasteiger partial charge on any atom is -0.490 e. The maximum Gasteiger partial charge on any atom is 0.243 e. The van der Waals surface area contributed by atoms with E-state index in [1.807, 2.05) is 37.3 Å². The Morgan fingerprint density at radius 1 is 1.11 bits per heavy atom. The molecule has 1 aliphatic rings. The summed E-state index contributed by atoms with van der Waals surface area (Å²) < 4.78 is 24.8. The maximum absolute atomic E-state index is 13.2. The molecule has 35 heavy (non-hydrogen) atoms. The fourth-order valence-electron chi connectivity index (χ4n) is 3.76. The van der Waals surface area contributed by atoms with Crippen LogP contribution in [0.4, 0.5) is 15.8 Å². The third-order valence-electron chi connectivity index (χ3n) is 5.50. The predicted molar refractivity (Wildman–Crippen MR) is 132 cm³/mol. The molecule has 182 valence electrons. The smallest absolute Gasteiger partial charge is 0.243 e. The first-order valence-electron chi connectivity index (χ1n) is 11.2. The highest BCUT2D eigenvalue weighted by Gasteiger charge is 2.35. The molecule has 0 bridgehead atoms. The van der Waals surface area contributed by atoms with Crippen LogP contribution < -0.4 is 25.2 Å². The third kappa shape index (κ3) is 6.02. The Bertz CT molecular complexity index is 1190. The summed E-state index contributed by atoms with van der Waals surface area (Å²) in [6.45, 7) is 2.78. The molecule has 1 saturated heterocycles. The molecule has 0 saturated carbocycles. The Morgan fingerprint density at radius 2 is 1.86 bits per heavy atom. The number of carbonyl (C=O) groups excluding carboxylic acids is 2. The average molecular weight is 498 g/mol. The number of rotatable bonds is 9. The van der Waals surface area contributed by atoms with Crippen LogP contribution in [0.25, 0.3) is 0 Å². The van der Waals surface area contributed by atoms with Crippen molar-refractivity contribution in [1.82, 2.24) is 5.43 Å². The van der Waals surface area contributed by atoms with Gasteiger partial charge >= 0.3 is 0 Å². The molecule has 1 fully saturated rings. The van der Waals surface area contributed by atoms with Crippen LogP contribution >= 0.6 is 11.6 Å². The van der Waals surface area contributed by atoms with Crippen LogP contribution in [0.5, 0.6) is 11.5 Å². The lowest BCUT2D eigenvalue weighted by atomic mass is 10.1. The number of nitrogens with zero attached hydrogens (tertiary/aromatic N) is 1. The van der Waals surface area contributed by atoms with Crippen LogP contribution in [0.1, 0.15) is 18.9 Å². The van der Waals surface area contributed by atoms with Gasteiger partial charge in [0, 0.05) is 24.7 Å². The molecule has 1 atom stereocenters. The minimum absolute atomic E-state index is 0.0576. The van der Waals surface area contributed by atoms with Crippen LogP contribution in [-0.2, 0) is 16.2 Å². The Hall–Kier alpha value is -3.78. The Balaban J connectivity index is 1.39. The summed E-state index contributed by atoms with van der Waals surface area (Å²) in [6, 6.07) is 18.6. The van der Waals surface area contributed by atoms with Crippen molar-refractivity contribution in [2.45, 2.75) is 20.0 Å². The van der Waals surface area contributed by atoms with Crippen molar-refractivity contribution in [2.75, 3.05) is 23.5 Å². The number of carbonyl (C=O) groups is 2. The van der Waals surface area contributed by atoms with Crippen molar-refractivity contribution in [2.24, 2.45) is 5.92 Å². The standard InChI is InChI=1S/C26H25ClFN3O4/c1-2-34-23-14-20(13-22(27)25(23)35-16-17-6-4-3-5-7-17)29-30-26(33)18-12-24(32)31(15-18)21-10-8-19(28)9-11-21/h3-11,13-14,18,29H,2,12,15-16H2,1H3,(H,30,33)/t18-/m1/s1. The topological polar surface area (TPSA) is 79.9 Å². The third-order valence-corrected chi connectivity index (χ3v) is 5.78. The Morgan fingerprint density at radius 3 is 2.57 bits per heavy atom. The van der Waals surface area contributed by atoms with E-state index in [2.05, 4.69) is 10.9 Å². The molecular formula is C26H25ClFN3O4. The van der Waals surface area contributed by atoms with Crippen molar-refractivity contribution >= 4 is 34.8 Å². The lowest BCUT2D eigenvalue weighted by Gasteiger charge is -2.18. The molecule has 7 nitrogen and oxygen atoms in total. The van der Waals surface area contributed by atoms with Crippen LogP contribution in [-0.4, -0.2) is 25.0 Å². The van der Waals surface area contributed by atoms with Gasteiger partial charge in [-0.05, 0) is 42.8 Å². The Labute approximate surface area is 207 Å². The van der Waals surface area contributed by atoms with Gasteiger partial charge in [-0.2, -0.15) is 0 Å². The van der Waals surface area contributed by atoms with Crippen molar-refractivity contribution in [3.8, 4) is 11.5 Å². The molecule has 0 unspecified atom stereocenters. The lowest BCUT2D eigenvalue weighted by molar-refractivity contribution is -0.125. The quantitative estimate of drug-likeness (QED) is 0.409. The molecule has 1 heterocycles. The summed E-state index contributed by atoms with van der Waals surface area (Å²) in [5, 5.41) is 0.321. The van der Waals surface area contributed by atoms with Crippen LogP contribution in [0, 0.1) is 11.7 Å². The molecule has 2 N–H and O–H groups in total. The molecule has 2 amide bonds.